The predicted octanol–water partition coefficient (Wildman–Crippen LogP) is 7.02. The van der Waals surface area contributed by atoms with E-state index in [-0.39, 0.29) is 6.61 Å². The molecular weight excluding hydrogens is 474 g/mol. The summed E-state index contributed by atoms with van der Waals surface area (Å²) in [5.41, 5.74) is 3.83. The van der Waals surface area contributed by atoms with Crippen LogP contribution >= 0.6 is 0 Å². The summed E-state index contributed by atoms with van der Waals surface area (Å²) in [4.78, 5) is 16.5. The maximum atomic E-state index is 13.1. The number of hydrogen-bond acceptors (Lipinski definition) is 4. The van der Waals surface area contributed by atoms with E-state index in [0.717, 1.165) is 59.2 Å². The lowest BCUT2D eigenvalue weighted by Crippen LogP contribution is -2.32. The molecule has 0 spiro atoms. The Hall–Kier alpha value is -4.39. The number of nitrogens with one attached hydrogen (secondary N) is 2. The average molecular weight is 508 g/mol. The Balaban J connectivity index is 1.51. The van der Waals surface area contributed by atoms with E-state index in [1.165, 1.54) is 6.42 Å². The van der Waals surface area contributed by atoms with E-state index in [1.807, 2.05) is 91.1 Å². The highest BCUT2D eigenvalue weighted by Crippen LogP contribution is 2.31. The van der Waals surface area contributed by atoms with Crippen molar-refractivity contribution in [2.24, 2.45) is 0 Å². The summed E-state index contributed by atoms with van der Waals surface area (Å²) in [6, 6.07) is 27.2. The number of aromatic amines is 1. The molecule has 2 N–H and O–H groups in total. The van der Waals surface area contributed by atoms with Crippen LogP contribution < -0.4 is 5.32 Å². The first-order valence-corrected chi connectivity index (χ1v) is 13.3. The number of benzene rings is 3. The van der Waals surface area contributed by atoms with Gasteiger partial charge in [-0.05, 0) is 18.1 Å². The van der Waals surface area contributed by atoms with Gasteiger partial charge in [-0.2, -0.15) is 0 Å². The molecule has 0 unspecified atom stereocenters. The third-order valence-corrected chi connectivity index (χ3v) is 6.71. The summed E-state index contributed by atoms with van der Waals surface area (Å²) < 4.78 is 7.76. The standard InChI is InChI=1S/C31H33N5O2/c1-2-3-4-13-20-36-29(24-16-9-6-10-17-24)34-35-30(36)28(26-21-32-27-19-12-11-18-25(26)27)33-31(37)38-22-23-14-7-5-8-15-23/h5-12,14-19,21,28,32H,2-4,13,20,22H2,1H3,(H,33,37)/t28-/m0/s1. The Bertz CT molecular complexity index is 1460. The number of para-hydroxylation sites is 1. The van der Waals surface area contributed by atoms with Crippen LogP contribution in [-0.2, 0) is 17.9 Å². The first-order valence-electron chi connectivity index (χ1n) is 13.3. The van der Waals surface area contributed by atoms with Gasteiger partial charge >= 0.3 is 6.09 Å². The minimum Gasteiger partial charge on any atom is -0.445 e. The highest BCUT2D eigenvalue weighted by Gasteiger charge is 2.28. The Morgan fingerprint density at radius 1 is 0.921 bits per heavy atom. The second-order valence-electron chi connectivity index (χ2n) is 9.39. The molecule has 3 aromatic carbocycles. The van der Waals surface area contributed by atoms with Gasteiger partial charge in [-0.15, -0.1) is 10.2 Å². The molecule has 5 rings (SSSR count). The highest BCUT2D eigenvalue weighted by molar-refractivity contribution is 5.84. The molecule has 0 saturated heterocycles. The number of nitrogens with zero attached hydrogens (tertiary/aromatic N) is 3. The Labute approximate surface area is 222 Å². The molecule has 38 heavy (non-hydrogen) atoms. The molecule has 0 aliphatic heterocycles. The fraction of sp³-hybridized carbons (Fsp3) is 0.258. The number of amides is 1. The van der Waals surface area contributed by atoms with Crippen molar-refractivity contribution in [2.45, 2.75) is 51.8 Å². The average Bonchev–Trinajstić information content (AvgIpc) is 3.59. The van der Waals surface area contributed by atoms with Gasteiger partial charge < -0.3 is 19.6 Å². The van der Waals surface area contributed by atoms with Gasteiger partial charge in [0.1, 0.15) is 12.6 Å². The third kappa shape index (κ3) is 5.78. The molecule has 7 nitrogen and oxygen atoms in total. The van der Waals surface area contributed by atoms with Gasteiger partial charge in [0, 0.05) is 34.8 Å². The van der Waals surface area contributed by atoms with Crippen molar-refractivity contribution in [3.63, 3.8) is 0 Å². The van der Waals surface area contributed by atoms with Crippen LogP contribution in [0.1, 0.15) is 55.6 Å². The van der Waals surface area contributed by atoms with Crippen LogP contribution in [0.2, 0.25) is 0 Å². The van der Waals surface area contributed by atoms with E-state index in [2.05, 4.69) is 32.0 Å². The van der Waals surface area contributed by atoms with Gasteiger partial charge in [0.15, 0.2) is 11.6 Å². The van der Waals surface area contributed by atoms with Crippen LogP contribution in [0.5, 0.6) is 0 Å². The van der Waals surface area contributed by atoms with E-state index < -0.39 is 12.1 Å². The fourth-order valence-electron chi connectivity index (χ4n) is 4.74. The lowest BCUT2D eigenvalue weighted by atomic mass is 10.0. The summed E-state index contributed by atoms with van der Waals surface area (Å²) in [7, 11) is 0. The number of rotatable bonds is 11. The summed E-state index contributed by atoms with van der Waals surface area (Å²) in [5.74, 6) is 1.48. The molecule has 0 aliphatic rings. The van der Waals surface area contributed by atoms with Crippen molar-refractivity contribution in [3.05, 3.63) is 108 Å². The van der Waals surface area contributed by atoms with Crippen LogP contribution in [0, 0.1) is 0 Å². The number of fused-ring (bicyclic) bond motifs is 1. The smallest absolute Gasteiger partial charge is 0.408 e. The van der Waals surface area contributed by atoms with Crippen LogP contribution in [-0.4, -0.2) is 25.8 Å². The Morgan fingerprint density at radius 2 is 1.66 bits per heavy atom. The lowest BCUT2D eigenvalue weighted by Gasteiger charge is -2.20. The highest BCUT2D eigenvalue weighted by atomic mass is 16.5. The number of hydrogen-bond donors (Lipinski definition) is 2. The number of alkyl carbamates (subject to hydrolysis) is 1. The zero-order valence-electron chi connectivity index (χ0n) is 21.6. The molecule has 0 radical (unpaired) electrons. The first-order chi connectivity index (χ1) is 18.7. The molecule has 2 aromatic heterocycles. The SMILES string of the molecule is CCCCCCn1c(-c2ccccc2)nnc1[C@@H](NC(=O)OCc1ccccc1)c1c[nH]c2ccccc12. The topological polar surface area (TPSA) is 84.8 Å². The molecule has 1 atom stereocenters. The monoisotopic (exact) mass is 507 g/mol. The van der Waals surface area contributed by atoms with Crippen molar-refractivity contribution in [1.82, 2.24) is 25.1 Å². The number of unbranched alkanes of at least 4 members (excludes halogenated alkanes) is 3. The van der Waals surface area contributed by atoms with Crippen LogP contribution in [0.15, 0.2) is 91.1 Å². The van der Waals surface area contributed by atoms with E-state index >= 15 is 0 Å². The second kappa shape index (κ2) is 12.2. The lowest BCUT2D eigenvalue weighted by molar-refractivity contribution is 0.136. The summed E-state index contributed by atoms with van der Waals surface area (Å²) in [6.45, 7) is 3.15. The molecule has 7 heteroatoms. The van der Waals surface area contributed by atoms with Crippen molar-refractivity contribution >= 4 is 17.0 Å². The Morgan fingerprint density at radius 3 is 2.45 bits per heavy atom. The maximum absolute atomic E-state index is 13.1. The summed E-state index contributed by atoms with van der Waals surface area (Å²) in [5, 5.41) is 13.4. The predicted molar refractivity (Wildman–Crippen MR) is 150 cm³/mol. The normalized spacial score (nSPS) is 11.9. The number of ether oxygens (including phenoxy) is 1. The third-order valence-electron chi connectivity index (χ3n) is 6.71. The molecule has 0 fully saturated rings. The second-order valence-corrected chi connectivity index (χ2v) is 9.39. The maximum Gasteiger partial charge on any atom is 0.408 e. The van der Waals surface area contributed by atoms with Gasteiger partial charge in [0.2, 0.25) is 0 Å². The molecule has 0 bridgehead atoms. The molecule has 194 valence electrons. The molecular formula is C31H33N5O2. The van der Waals surface area contributed by atoms with Crippen LogP contribution in [0.25, 0.3) is 22.3 Å². The van der Waals surface area contributed by atoms with Crippen molar-refractivity contribution in [1.29, 1.82) is 0 Å². The first kappa shape index (κ1) is 25.3. The largest absolute Gasteiger partial charge is 0.445 e. The fourth-order valence-corrected chi connectivity index (χ4v) is 4.74. The number of carbonyl (C=O) groups is 1. The van der Waals surface area contributed by atoms with E-state index in [1.54, 1.807) is 0 Å². The van der Waals surface area contributed by atoms with Gasteiger partial charge in [-0.1, -0.05) is 105 Å². The van der Waals surface area contributed by atoms with E-state index in [0.29, 0.717) is 5.82 Å². The minimum atomic E-state index is -0.550. The summed E-state index contributed by atoms with van der Waals surface area (Å²) in [6.07, 6.45) is 5.88. The number of H-pyrrole nitrogens is 1. The Kier molecular flexibility index (Phi) is 8.13. The van der Waals surface area contributed by atoms with Gasteiger partial charge in [-0.25, -0.2) is 4.79 Å². The molecule has 0 saturated carbocycles. The minimum absolute atomic E-state index is 0.187. The van der Waals surface area contributed by atoms with Gasteiger partial charge in [0.05, 0.1) is 0 Å². The van der Waals surface area contributed by atoms with E-state index in [4.69, 9.17) is 4.74 Å². The van der Waals surface area contributed by atoms with Gasteiger partial charge in [0.25, 0.3) is 0 Å². The molecule has 2 heterocycles. The number of aromatic nitrogens is 4. The quantitative estimate of drug-likeness (QED) is 0.188. The van der Waals surface area contributed by atoms with Gasteiger partial charge in [-0.3, -0.25) is 0 Å². The zero-order valence-corrected chi connectivity index (χ0v) is 21.6. The molecule has 0 aliphatic carbocycles. The van der Waals surface area contributed by atoms with Crippen LogP contribution in [0.4, 0.5) is 4.79 Å². The number of carbonyl (C=O) groups excluding carboxylic acids is 1. The molecule has 1 amide bonds. The van der Waals surface area contributed by atoms with Crippen LogP contribution in [0.3, 0.4) is 0 Å². The molecule has 5 aromatic rings. The van der Waals surface area contributed by atoms with Crippen molar-refractivity contribution < 1.29 is 9.53 Å². The summed E-state index contributed by atoms with van der Waals surface area (Å²) >= 11 is 0. The van der Waals surface area contributed by atoms with Crippen molar-refractivity contribution in [3.8, 4) is 11.4 Å². The zero-order chi connectivity index (χ0) is 26.2. The van der Waals surface area contributed by atoms with E-state index in [9.17, 15) is 4.79 Å². The van der Waals surface area contributed by atoms with Crippen molar-refractivity contribution in [2.75, 3.05) is 0 Å².